The van der Waals surface area contributed by atoms with Crippen molar-refractivity contribution in [3.63, 3.8) is 0 Å². The highest BCUT2D eigenvalue weighted by Crippen LogP contribution is 2.43. The van der Waals surface area contributed by atoms with Gasteiger partial charge in [0.2, 0.25) is 0 Å². The lowest BCUT2D eigenvalue weighted by molar-refractivity contribution is 0.328. The number of fused-ring (bicyclic) bond motifs is 1. The van der Waals surface area contributed by atoms with Gasteiger partial charge < -0.3 is 15.2 Å². The quantitative estimate of drug-likeness (QED) is 0.819. The van der Waals surface area contributed by atoms with Gasteiger partial charge in [0.05, 0.1) is 11.6 Å². The van der Waals surface area contributed by atoms with Crippen LogP contribution < -0.4 is 15.2 Å². The number of hydrogen-bond donors (Lipinski definition) is 1. The van der Waals surface area contributed by atoms with Crippen molar-refractivity contribution in [3.05, 3.63) is 33.4 Å². The zero-order valence-corrected chi connectivity index (χ0v) is 15.9. The van der Waals surface area contributed by atoms with E-state index in [4.69, 9.17) is 20.5 Å². The lowest BCUT2D eigenvalue weighted by Crippen LogP contribution is -2.12. The Morgan fingerprint density at radius 1 is 1.27 bits per heavy atom. The molecule has 0 unspecified atom stereocenters. The fourth-order valence-corrected chi connectivity index (χ4v) is 3.86. The molecule has 1 aliphatic rings. The van der Waals surface area contributed by atoms with Gasteiger partial charge in [0, 0.05) is 11.3 Å². The molecule has 0 spiro atoms. The largest absolute Gasteiger partial charge is 0.493 e. The number of pyridine rings is 1. The highest BCUT2D eigenvalue weighted by Gasteiger charge is 2.23. The predicted octanol–water partition coefficient (Wildman–Crippen LogP) is 3.75. The Morgan fingerprint density at radius 2 is 2.04 bits per heavy atom. The first-order chi connectivity index (χ1) is 12.6. The van der Waals surface area contributed by atoms with Crippen LogP contribution in [0.25, 0.3) is 11.1 Å². The number of hydrogen-bond acceptors (Lipinski definition) is 6. The molecule has 0 saturated carbocycles. The molecule has 0 bridgehead atoms. The molecule has 1 aromatic carbocycles. The minimum Gasteiger partial charge on any atom is -0.493 e. The number of aryl methyl sites for hydroxylation is 1. The van der Waals surface area contributed by atoms with E-state index < -0.39 is 0 Å². The van der Waals surface area contributed by atoms with Gasteiger partial charge in [-0.2, -0.15) is 10.5 Å². The molecule has 26 heavy (non-hydrogen) atoms. The van der Waals surface area contributed by atoms with Gasteiger partial charge in [-0.25, -0.2) is 4.98 Å². The lowest BCUT2D eigenvalue weighted by Gasteiger charge is -2.22. The summed E-state index contributed by atoms with van der Waals surface area (Å²) in [7, 11) is 1.53. The van der Waals surface area contributed by atoms with Crippen LogP contribution in [0.15, 0.2) is 16.6 Å². The van der Waals surface area contributed by atoms with Crippen molar-refractivity contribution < 1.29 is 9.47 Å². The third-order valence-corrected chi connectivity index (χ3v) is 5.00. The molecule has 2 N–H and O–H groups in total. The number of methoxy groups -OCH3 is 1. The maximum Gasteiger partial charge on any atom is 0.176 e. The summed E-state index contributed by atoms with van der Waals surface area (Å²) >= 11 is 3.48. The van der Waals surface area contributed by atoms with Gasteiger partial charge in [-0.1, -0.05) is 0 Å². The van der Waals surface area contributed by atoms with E-state index in [-0.39, 0.29) is 12.4 Å². The van der Waals surface area contributed by atoms with Crippen LogP contribution in [0.5, 0.6) is 11.5 Å². The highest BCUT2D eigenvalue weighted by atomic mass is 79.9. The molecule has 3 rings (SSSR count). The molecule has 0 fully saturated rings. The molecule has 0 atom stereocenters. The number of halogens is 1. The average molecular weight is 413 g/mol. The Kier molecular flexibility index (Phi) is 5.29. The fourth-order valence-electron chi connectivity index (χ4n) is 3.30. The van der Waals surface area contributed by atoms with E-state index in [2.05, 4.69) is 27.0 Å². The van der Waals surface area contributed by atoms with Gasteiger partial charge >= 0.3 is 0 Å². The average Bonchev–Trinajstić information content (AvgIpc) is 2.65. The van der Waals surface area contributed by atoms with Crippen molar-refractivity contribution in [3.8, 4) is 34.8 Å². The molecule has 7 heteroatoms. The van der Waals surface area contributed by atoms with E-state index in [0.717, 1.165) is 48.1 Å². The van der Waals surface area contributed by atoms with Crippen molar-refractivity contribution in [2.24, 2.45) is 0 Å². The first-order valence-corrected chi connectivity index (χ1v) is 8.99. The van der Waals surface area contributed by atoms with Crippen molar-refractivity contribution in [1.29, 1.82) is 10.5 Å². The fraction of sp³-hybridized carbons (Fsp3) is 0.316. The number of nitrogens with zero attached hydrogens (tertiary/aromatic N) is 3. The maximum absolute atomic E-state index is 9.65. The summed E-state index contributed by atoms with van der Waals surface area (Å²) < 4.78 is 11.5. The van der Waals surface area contributed by atoms with Crippen molar-refractivity contribution in [1.82, 2.24) is 4.98 Å². The first kappa shape index (κ1) is 18.0. The Balaban J connectivity index is 2.24. The smallest absolute Gasteiger partial charge is 0.176 e. The zero-order valence-electron chi connectivity index (χ0n) is 14.3. The molecule has 0 radical (unpaired) electrons. The lowest BCUT2D eigenvalue weighted by atomic mass is 9.86. The van der Waals surface area contributed by atoms with Gasteiger partial charge in [0.1, 0.15) is 23.5 Å². The zero-order chi connectivity index (χ0) is 18.7. The summed E-state index contributed by atoms with van der Waals surface area (Å²) in [6.07, 6.45) is 3.84. The molecule has 6 nitrogen and oxygen atoms in total. The number of nitrogen functional groups attached to an aromatic ring is 1. The Labute approximate surface area is 160 Å². The number of nitriles is 2. The van der Waals surface area contributed by atoms with Gasteiger partial charge in [0.25, 0.3) is 0 Å². The van der Waals surface area contributed by atoms with Crippen molar-refractivity contribution in [2.75, 3.05) is 19.5 Å². The number of aromatic nitrogens is 1. The normalized spacial score (nSPS) is 12.6. The molecular weight excluding hydrogens is 396 g/mol. The summed E-state index contributed by atoms with van der Waals surface area (Å²) in [6, 6.07) is 7.81. The molecule has 1 heterocycles. The van der Waals surface area contributed by atoms with E-state index in [0.29, 0.717) is 21.5 Å². The van der Waals surface area contributed by atoms with E-state index >= 15 is 0 Å². The summed E-state index contributed by atoms with van der Waals surface area (Å²) in [5.41, 5.74) is 10.1. The van der Waals surface area contributed by atoms with Crippen LogP contribution in [0.2, 0.25) is 0 Å². The molecule has 0 saturated heterocycles. The van der Waals surface area contributed by atoms with Crippen LogP contribution >= 0.6 is 15.9 Å². The van der Waals surface area contributed by atoms with Crippen molar-refractivity contribution >= 4 is 21.7 Å². The monoisotopic (exact) mass is 412 g/mol. The summed E-state index contributed by atoms with van der Waals surface area (Å²) in [4.78, 5) is 4.45. The second-order valence-electron chi connectivity index (χ2n) is 5.93. The number of nitrogens with two attached hydrogens (primary N) is 1. The van der Waals surface area contributed by atoms with E-state index in [1.807, 2.05) is 18.2 Å². The molecule has 0 aliphatic heterocycles. The molecular formula is C19H17BrN4O2. The highest BCUT2D eigenvalue weighted by molar-refractivity contribution is 9.10. The number of anilines is 1. The van der Waals surface area contributed by atoms with Gasteiger partial charge in [0.15, 0.2) is 18.1 Å². The summed E-state index contributed by atoms with van der Waals surface area (Å²) in [5.74, 6) is 1.18. The predicted molar refractivity (Wildman–Crippen MR) is 101 cm³/mol. The van der Waals surface area contributed by atoms with Crippen molar-refractivity contribution in [2.45, 2.75) is 25.7 Å². The Hall–Kier alpha value is -2.77. The van der Waals surface area contributed by atoms with E-state index in [1.165, 1.54) is 7.11 Å². The minimum absolute atomic E-state index is 0.0879. The maximum atomic E-state index is 9.65. The molecule has 0 amide bonds. The van der Waals surface area contributed by atoms with Crippen LogP contribution in [-0.4, -0.2) is 18.7 Å². The van der Waals surface area contributed by atoms with Crippen LogP contribution in [0.3, 0.4) is 0 Å². The Bertz CT molecular complexity index is 944. The van der Waals surface area contributed by atoms with Gasteiger partial charge in [-0.05, 0) is 64.9 Å². The summed E-state index contributed by atoms with van der Waals surface area (Å²) in [6.45, 7) is -0.0879. The third-order valence-electron chi connectivity index (χ3n) is 4.41. The number of ether oxygens (including phenoxy) is 2. The molecule has 1 aromatic heterocycles. The summed E-state index contributed by atoms with van der Waals surface area (Å²) in [5, 5.41) is 18.4. The molecule has 132 valence electrons. The standard InChI is InChI=1S/C19H17BrN4O2/c1-25-16-9-11(8-14(20)18(16)26-7-6-21)17-12-4-2-3-5-15(12)24-19(23)13(17)10-22/h8-9H,2-5,7H2,1H3,(H2,23,24). The molecule has 2 aromatic rings. The van der Waals surface area contributed by atoms with Crippen LogP contribution in [-0.2, 0) is 12.8 Å². The van der Waals surface area contributed by atoms with Gasteiger partial charge in [-0.3, -0.25) is 0 Å². The van der Waals surface area contributed by atoms with Gasteiger partial charge in [-0.15, -0.1) is 0 Å². The topological polar surface area (TPSA) is 105 Å². The number of benzene rings is 1. The van der Waals surface area contributed by atoms with E-state index in [1.54, 1.807) is 0 Å². The number of rotatable bonds is 4. The SMILES string of the molecule is COc1cc(-c2c(C#N)c(N)nc3c2CCCC3)cc(Br)c1OCC#N. The second kappa shape index (κ2) is 7.63. The van der Waals surface area contributed by atoms with E-state index in [9.17, 15) is 5.26 Å². The molecule has 1 aliphatic carbocycles. The van der Waals surface area contributed by atoms with Crippen LogP contribution in [0.1, 0.15) is 29.7 Å². The van der Waals surface area contributed by atoms with Crippen LogP contribution in [0, 0.1) is 22.7 Å². The first-order valence-electron chi connectivity index (χ1n) is 8.19. The third kappa shape index (κ3) is 3.18. The minimum atomic E-state index is -0.0879. The van der Waals surface area contributed by atoms with Crippen LogP contribution in [0.4, 0.5) is 5.82 Å². The second-order valence-corrected chi connectivity index (χ2v) is 6.78. The Morgan fingerprint density at radius 3 is 2.73 bits per heavy atom.